The molecule has 0 atom stereocenters. The molecule has 9 nitrogen and oxygen atoms in total. The van der Waals surface area contributed by atoms with E-state index in [9.17, 15) is 18.0 Å². The van der Waals surface area contributed by atoms with E-state index >= 15 is 0 Å². The van der Waals surface area contributed by atoms with Gasteiger partial charge in [-0.15, -0.1) is 11.3 Å². The molecule has 2 aromatic carbocycles. The number of primary sulfonamides is 1. The highest BCUT2D eigenvalue weighted by Gasteiger charge is 2.17. The summed E-state index contributed by atoms with van der Waals surface area (Å²) < 4.78 is 33.7. The molecule has 0 saturated carbocycles. The predicted molar refractivity (Wildman–Crippen MR) is 119 cm³/mol. The number of benzene rings is 2. The average Bonchev–Trinajstić information content (AvgIpc) is 3.19. The van der Waals surface area contributed by atoms with Crippen molar-refractivity contribution < 1.29 is 27.5 Å². The van der Waals surface area contributed by atoms with Crippen LogP contribution in [-0.4, -0.2) is 32.4 Å². The fourth-order valence-electron chi connectivity index (χ4n) is 2.83. The van der Waals surface area contributed by atoms with Gasteiger partial charge in [0, 0.05) is 5.38 Å². The van der Waals surface area contributed by atoms with Crippen molar-refractivity contribution in [2.75, 3.05) is 12.4 Å². The molecule has 11 heteroatoms. The molecule has 3 aromatic rings. The van der Waals surface area contributed by atoms with Crippen LogP contribution in [0.1, 0.15) is 26.6 Å². The zero-order valence-electron chi connectivity index (χ0n) is 17.3. The van der Waals surface area contributed by atoms with Gasteiger partial charge in [0.25, 0.3) is 0 Å². The number of anilines is 1. The quantitative estimate of drug-likeness (QED) is 0.478. The van der Waals surface area contributed by atoms with Crippen LogP contribution in [0.2, 0.25) is 0 Å². The zero-order chi connectivity index (χ0) is 23.3. The van der Waals surface area contributed by atoms with Gasteiger partial charge in [-0.25, -0.2) is 23.3 Å². The molecule has 0 fully saturated rings. The van der Waals surface area contributed by atoms with Crippen LogP contribution in [0.5, 0.6) is 5.75 Å². The Morgan fingerprint density at radius 2 is 1.94 bits per heavy atom. The predicted octanol–water partition coefficient (Wildman–Crippen LogP) is 2.65. The van der Waals surface area contributed by atoms with Crippen LogP contribution in [0.3, 0.4) is 0 Å². The van der Waals surface area contributed by atoms with Gasteiger partial charge in [0.2, 0.25) is 15.9 Å². The van der Waals surface area contributed by atoms with E-state index in [2.05, 4.69) is 10.3 Å². The second kappa shape index (κ2) is 9.90. The standard InChI is InChI=1S/C21H21N3O6S2/c1-13-7-8-14(9-18(13)32(22,27)28)21(26)30-11-15-12-31-20(23-15)10-19(25)24-16-5-3-4-6-17(16)29-2/h3-9,12H,10-11H2,1-2H3,(H,24,25)(H2,22,27,28). The molecule has 0 unspecified atom stereocenters. The summed E-state index contributed by atoms with van der Waals surface area (Å²) in [5, 5.41) is 10.2. The lowest BCUT2D eigenvalue weighted by Crippen LogP contribution is -2.15. The van der Waals surface area contributed by atoms with Gasteiger partial charge in [-0.2, -0.15) is 0 Å². The minimum absolute atomic E-state index is 0.0480. The molecule has 32 heavy (non-hydrogen) atoms. The number of carbonyl (C=O) groups excluding carboxylic acids is 2. The molecule has 3 N–H and O–H groups in total. The summed E-state index contributed by atoms with van der Waals surface area (Å²) in [6.45, 7) is 1.46. The highest BCUT2D eigenvalue weighted by molar-refractivity contribution is 7.89. The number of carbonyl (C=O) groups is 2. The topological polar surface area (TPSA) is 138 Å². The molecule has 0 spiro atoms. The molecule has 168 valence electrons. The lowest BCUT2D eigenvalue weighted by Gasteiger charge is -2.09. The highest BCUT2D eigenvalue weighted by atomic mass is 32.2. The lowest BCUT2D eigenvalue weighted by molar-refractivity contribution is -0.115. The molecule has 0 aliphatic heterocycles. The first-order valence-electron chi connectivity index (χ1n) is 9.34. The number of nitrogens with one attached hydrogen (secondary N) is 1. The molecule has 1 amide bonds. The molecule has 0 radical (unpaired) electrons. The third-order valence-corrected chi connectivity index (χ3v) is 6.32. The maximum atomic E-state index is 12.3. The Kier molecular flexibility index (Phi) is 7.23. The van der Waals surface area contributed by atoms with Crippen LogP contribution >= 0.6 is 11.3 Å². The number of ether oxygens (including phenoxy) is 2. The van der Waals surface area contributed by atoms with Crippen molar-refractivity contribution in [3.8, 4) is 5.75 Å². The van der Waals surface area contributed by atoms with Gasteiger partial charge in [0.1, 0.15) is 17.4 Å². The number of methoxy groups -OCH3 is 1. The van der Waals surface area contributed by atoms with Crippen LogP contribution in [0.15, 0.2) is 52.7 Å². The maximum absolute atomic E-state index is 12.3. The van der Waals surface area contributed by atoms with Gasteiger partial charge in [-0.3, -0.25) is 4.79 Å². The number of hydrogen-bond donors (Lipinski definition) is 2. The van der Waals surface area contributed by atoms with Crippen molar-refractivity contribution >= 4 is 38.9 Å². The summed E-state index contributed by atoms with van der Waals surface area (Å²) in [6.07, 6.45) is 0.0480. The van der Waals surface area contributed by atoms with E-state index in [1.807, 2.05) is 0 Å². The van der Waals surface area contributed by atoms with E-state index in [1.54, 1.807) is 36.6 Å². The summed E-state index contributed by atoms with van der Waals surface area (Å²) in [5.41, 5.74) is 1.52. The monoisotopic (exact) mass is 475 g/mol. The highest BCUT2D eigenvalue weighted by Crippen LogP contribution is 2.23. The number of para-hydroxylation sites is 2. The van der Waals surface area contributed by atoms with E-state index in [0.717, 1.165) is 0 Å². The van der Waals surface area contributed by atoms with Crippen molar-refractivity contribution in [3.63, 3.8) is 0 Å². The molecule has 1 aromatic heterocycles. The Hall–Kier alpha value is -3.28. The number of aryl methyl sites for hydroxylation is 1. The first kappa shape index (κ1) is 23.4. The number of amides is 1. The summed E-state index contributed by atoms with van der Waals surface area (Å²) in [5.74, 6) is -0.421. The van der Waals surface area contributed by atoms with Crippen molar-refractivity contribution in [2.24, 2.45) is 5.14 Å². The number of rotatable bonds is 8. The lowest BCUT2D eigenvalue weighted by atomic mass is 10.1. The number of hydrogen-bond acceptors (Lipinski definition) is 8. The van der Waals surface area contributed by atoms with Gasteiger partial charge in [0.05, 0.1) is 35.4 Å². The number of esters is 1. The first-order valence-corrected chi connectivity index (χ1v) is 11.8. The summed E-state index contributed by atoms with van der Waals surface area (Å²) in [6, 6.07) is 11.2. The molecule has 0 bridgehead atoms. The zero-order valence-corrected chi connectivity index (χ0v) is 19.0. The normalized spacial score (nSPS) is 11.1. The van der Waals surface area contributed by atoms with E-state index in [4.69, 9.17) is 14.6 Å². The van der Waals surface area contributed by atoms with E-state index in [1.165, 1.54) is 36.6 Å². The molecule has 0 saturated heterocycles. The summed E-state index contributed by atoms with van der Waals surface area (Å²) in [4.78, 5) is 28.8. The van der Waals surface area contributed by atoms with E-state index in [0.29, 0.717) is 27.7 Å². The molecule has 1 heterocycles. The average molecular weight is 476 g/mol. The number of nitrogens with zero attached hydrogens (tertiary/aromatic N) is 1. The summed E-state index contributed by atoms with van der Waals surface area (Å²) in [7, 11) is -2.44. The van der Waals surface area contributed by atoms with Crippen LogP contribution in [0, 0.1) is 6.92 Å². The SMILES string of the molecule is COc1ccccc1NC(=O)Cc1nc(COC(=O)c2ccc(C)c(S(N)(=O)=O)c2)cs1. The van der Waals surface area contributed by atoms with Gasteiger partial charge >= 0.3 is 5.97 Å². The van der Waals surface area contributed by atoms with Crippen molar-refractivity contribution in [1.29, 1.82) is 0 Å². The smallest absolute Gasteiger partial charge is 0.338 e. The largest absolute Gasteiger partial charge is 0.495 e. The Balaban J connectivity index is 1.58. The fourth-order valence-corrected chi connectivity index (χ4v) is 4.42. The van der Waals surface area contributed by atoms with E-state index < -0.39 is 16.0 Å². The van der Waals surface area contributed by atoms with Crippen LogP contribution in [-0.2, 0) is 32.6 Å². The van der Waals surface area contributed by atoms with Crippen LogP contribution < -0.4 is 15.2 Å². The van der Waals surface area contributed by atoms with E-state index in [-0.39, 0.29) is 29.4 Å². The van der Waals surface area contributed by atoms with Crippen molar-refractivity contribution in [2.45, 2.75) is 24.8 Å². The van der Waals surface area contributed by atoms with Crippen LogP contribution in [0.25, 0.3) is 0 Å². The number of sulfonamides is 1. The molecule has 3 rings (SSSR count). The first-order chi connectivity index (χ1) is 15.2. The minimum Gasteiger partial charge on any atom is -0.495 e. The Labute approximate surface area is 189 Å². The maximum Gasteiger partial charge on any atom is 0.338 e. The second-order valence-corrected chi connectivity index (χ2v) is 9.23. The minimum atomic E-state index is -3.96. The second-order valence-electron chi connectivity index (χ2n) is 6.76. The van der Waals surface area contributed by atoms with Gasteiger partial charge in [0.15, 0.2) is 0 Å². The van der Waals surface area contributed by atoms with Crippen molar-refractivity contribution in [3.05, 3.63) is 69.7 Å². The third kappa shape index (κ3) is 5.90. The number of thiazole rings is 1. The fraction of sp³-hybridized carbons (Fsp3) is 0.190. The van der Waals surface area contributed by atoms with Gasteiger partial charge < -0.3 is 14.8 Å². The Morgan fingerprint density at radius 3 is 2.66 bits per heavy atom. The third-order valence-electron chi connectivity index (χ3n) is 4.37. The summed E-state index contributed by atoms with van der Waals surface area (Å²) >= 11 is 1.26. The van der Waals surface area contributed by atoms with Gasteiger partial charge in [-0.1, -0.05) is 18.2 Å². The number of aromatic nitrogens is 1. The Morgan fingerprint density at radius 1 is 1.19 bits per heavy atom. The molecule has 0 aliphatic carbocycles. The Bertz CT molecular complexity index is 1250. The molecule has 0 aliphatic rings. The molecular weight excluding hydrogens is 454 g/mol. The van der Waals surface area contributed by atoms with Gasteiger partial charge in [-0.05, 0) is 36.8 Å². The van der Waals surface area contributed by atoms with Crippen LogP contribution in [0.4, 0.5) is 5.69 Å². The van der Waals surface area contributed by atoms with Crippen molar-refractivity contribution in [1.82, 2.24) is 4.98 Å². The molecular formula is C21H21N3O6S2. The number of nitrogens with two attached hydrogens (primary N) is 1.